The average Bonchev–Trinajstić information content (AvgIpc) is 2.87. The van der Waals surface area contributed by atoms with Gasteiger partial charge >= 0.3 is 0 Å². The average molecular weight is 263 g/mol. The topological polar surface area (TPSA) is 58.8 Å². The van der Waals surface area contributed by atoms with Gasteiger partial charge in [-0.25, -0.2) is 0 Å². The lowest BCUT2D eigenvalue weighted by atomic mass is 10.1. The Morgan fingerprint density at radius 3 is 2.74 bits per heavy atom. The van der Waals surface area contributed by atoms with E-state index in [4.69, 9.17) is 10.5 Å². The van der Waals surface area contributed by atoms with Gasteiger partial charge in [-0.05, 0) is 32.6 Å². The molecule has 0 bridgehead atoms. The Kier molecular flexibility index (Phi) is 3.95. The largest absolute Gasteiger partial charge is 0.497 e. The Balaban J connectivity index is 2.12. The van der Waals surface area contributed by atoms with Gasteiger partial charge in [0.05, 0.1) is 12.7 Å². The van der Waals surface area contributed by atoms with Crippen molar-refractivity contribution in [2.24, 2.45) is 0 Å². The minimum absolute atomic E-state index is 0.00417. The van der Waals surface area contributed by atoms with Crippen LogP contribution in [0.5, 0.6) is 5.75 Å². The number of hydrogen-bond donors (Lipinski definition) is 1. The molecule has 1 saturated heterocycles. The summed E-state index contributed by atoms with van der Waals surface area (Å²) in [6, 6.07) is 5.62. The molecular weight excluding hydrogens is 242 g/mol. The molecule has 1 aliphatic rings. The predicted molar refractivity (Wildman–Crippen MR) is 75.4 cm³/mol. The van der Waals surface area contributed by atoms with Crippen LogP contribution in [-0.2, 0) is 0 Å². The maximum atomic E-state index is 12.4. The first-order chi connectivity index (χ1) is 9.02. The number of nitrogens with zero attached hydrogens (tertiary/aromatic N) is 2. The number of ether oxygens (including phenoxy) is 1. The van der Waals surface area contributed by atoms with Crippen molar-refractivity contribution in [1.82, 2.24) is 9.80 Å². The van der Waals surface area contributed by atoms with Gasteiger partial charge in [0, 0.05) is 30.9 Å². The third-order valence-electron chi connectivity index (χ3n) is 3.67. The molecule has 5 nitrogen and oxygen atoms in total. The summed E-state index contributed by atoms with van der Waals surface area (Å²) in [5, 5.41) is 0. The molecule has 0 aromatic heterocycles. The van der Waals surface area contributed by atoms with Crippen molar-refractivity contribution >= 4 is 11.6 Å². The number of nitrogen functional groups attached to an aromatic ring is 1. The summed E-state index contributed by atoms with van der Waals surface area (Å²) in [4.78, 5) is 16.4. The fourth-order valence-corrected chi connectivity index (χ4v) is 2.38. The van der Waals surface area contributed by atoms with Crippen LogP contribution in [-0.4, -0.2) is 56.0 Å². The lowest BCUT2D eigenvalue weighted by Crippen LogP contribution is -2.34. The summed E-state index contributed by atoms with van der Waals surface area (Å²) in [6.07, 6.45) is 1.01. The van der Waals surface area contributed by atoms with Crippen molar-refractivity contribution in [3.05, 3.63) is 23.8 Å². The number of nitrogens with two attached hydrogens (primary N) is 1. The molecule has 2 N–H and O–H groups in total. The summed E-state index contributed by atoms with van der Waals surface area (Å²) in [6.45, 7) is 1.55. The minimum atomic E-state index is 0.00417. The molecule has 5 heteroatoms. The Hall–Kier alpha value is -1.75. The van der Waals surface area contributed by atoms with E-state index in [0.29, 0.717) is 23.0 Å². The monoisotopic (exact) mass is 263 g/mol. The van der Waals surface area contributed by atoms with Crippen molar-refractivity contribution in [2.75, 3.05) is 40.0 Å². The van der Waals surface area contributed by atoms with Crippen LogP contribution in [0, 0.1) is 0 Å². The highest BCUT2D eigenvalue weighted by Gasteiger charge is 2.28. The molecule has 1 aromatic carbocycles. The fourth-order valence-electron chi connectivity index (χ4n) is 2.38. The van der Waals surface area contributed by atoms with Gasteiger partial charge in [0.15, 0.2) is 0 Å². The van der Waals surface area contributed by atoms with Gasteiger partial charge in [-0.1, -0.05) is 0 Å². The molecule has 1 amide bonds. The van der Waals surface area contributed by atoms with Crippen LogP contribution in [0.2, 0.25) is 0 Å². The van der Waals surface area contributed by atoms with Crippen LogP contribution in [0.25, 0.3) is 0 Å². The van der Waals surface area contributed by atoms with E-state index in [1.54, 1.807) is 25.3 Å². The molecule has 1 atom stereocenters. The summed E-state index contributed by atoms with van der Waals surface area (Å²) < 4.78 is 5.09. The zero-order valence-corrected chi connectivity index (χ0v) is 11.7. The fraction of sp³-hybridized carbons (Fsp3) is 0.500. The van der Waals surface area contributed by atoms with Crippen LogP contribution in [0.3, 0.4) is 0 Å². The van der Waals surface area contributed by atoms with Crippen LogP contribution in [0.15, 0.2) is 18.2 Å². The maximum absolute atomic E-state index is 12.4. The zero-order valence-electron chi connectivity index (χ0n) is 11.7. The number of carbonyl (C=O) groups excluding carboxylic acids is 1. The molecule has 0 aliphatic carbocycles. The van der Waals surface area contributed by atoms with E-state index < -0.39 is 0 Å². The number of methoxy groups -OCH3 is 1. The molecule has 0 spiro atoms. The van der Waals surface area contributed by atoms with Crippen LogP contribution >= 0.6 is 0 Å². The van der Waals surface area contributed by atoms with E-state index in [1.165, 1.54) is 0 Å². The summed E-state index contributed by atoms with van der Waals surface area (Å²) >= 11 is 0. The number of likely N-dealkylation sites (N-methyl/N-ethyl adjacent to an activating group) is 1. The minimum Gasteiger partial charge on any atom is -0.497 e. The molecule has 0 saturated carbocycles. The number of benzene rings is 1. The summed E-state index contributed by atoms with van der Waals surface area (Å²) in [7, 11) is 5.67. The third kappa shape index (κ3) is 2.81. The highest BCUT2D eigenvalue weighted by Crippen LogP contribution is 2.23. The first kappa shape index (κ1) is 13.7. The smallest absolute Gasteiger partial charge is 0.256 e. The molecule has 1 aliphatic heterocycles. The van der Waals surface area contributed by atoms with Gasteiger partial charge in [0.25, 0.3) is 5.91 Å². The molecule has 1 fully saturated rings. The Morgan fingerprint density at radius 2 is 2.21 bits per heavy atom. The van der Waals surface area contributed by atoms with E-state index in [9.17, 15) is 4.79 Å². The standard InChI is InChI=1S/C14H21N3O2/c1-16(2)10-6-7-17(9-10)14(18)12-5-4-11(19-3)8-13(12)15/h4-5,8,10H,6-7,9,15H2,1-3H3. The summed E-state index contributed by atoms with van der Waals surface area (Å²) in [5.74, 6) is 0.672. The van der Waals surface area contributed by atoms with E-state index in [-0.39, 0.29) is 5.91 Å². The Labute approximate surface area is 113 Å². The van der Waals surface area contributed by atoms with Crippen molar-refractivity contribution in [3.8, 4) is 5.75 Å². The molecule has 1 aromatic rings. The van der Waals surface area contributed by atoms with Gasteiger partial charge in [0.2, 0.25) is 0 Å². The van der Waals surface area contributed by atoms with E-state index in [1.807, 2.05) is 19.0 Å². The lowest BCUT2D eigenvalue weighted by Gasteiger charge is -2.21. The molecule has 0 radical (unpaired) electrons. The highest BCUT2D eigenvalue weighted by molar-refractivity contribution is 5.99. The lowest BCUT2D eigenvalue weighted by molar-refractivity contribution is 0.0784. The van der Waals surface area contributed by atoms with E-state index >= 15 is 0 Å². The van der Waals surface area contributed by atoms with E-state index in [0.717, 1.165) is 19.5 Å². The van der Waals surface area contributed by atoms with Crippen LogP contribution in [0.4, 0.5) is 5.69 Å². The van der Waals surface area contributed by atoms with Crippen LogP contribution < -0.4 is 10.5 Å². The second-order valence-electron chi connectivity index (χ2n) is 5.11. The SMILES string of the molecule is COc1ccc(C(=O)N2CCC(N(C)C)C2)c(N)c1. The third-order valence-corrected chi connectivity index (χ3v) is 3.67. The van der Waals surface area contributed by atoms with Crippen molar-refractivity contribution in [1.29, 1.82) is 0 Å². The number of hydrogen-bond acceptors (Lipinski definition) is 4. The number of likely N-dealkylation sites (tertiary alicyclic amines) is 1. The van der Waals surface area contributed by atoms with Gasteiger partial charge in [-0.3, -0.25) is 4.79 Å². The normalized spacial score (nSPS) is 18.9. The first-order valence-electron chi connectivity index (χ1n) is 6.42. The molecule has 2 rings (SSSR count). The molecule has 104 valence electrons. The molecule has 1 heterocycles. The van der Waals surface area contributed by atoms with Crippen molar-refractivity contribution < 1.29 is 9.53 Å². The number of anilines is 1. The number of carbonyl (C=O) groups is 1. The molecule has 19 heavy (non-hydrogen) atoms. The van der Waals surface area contributed by atoms with Gasteiger partial charge in [0.1, 0.15) is 5.75 Å². The zero-order chi connectivity index (χ0) is 14.0. The molecular formula is C14H21N3O2. The van der Waals surface area contributed by atoms with Gasteiger partial charge in [-0.2, -0.15) is 0 Å². The quantitative estimate of drug-likeness (QED) is 0.828. The number of rotatable bonds is 3. The number of amides is 1. The van der Waals surface area contributed by atoms with Crippen molar-refractivity contribution in [2.45, 2.75) is 12.5 Å². The second kappa shape index (κ2) is 5.48. The Bertz CT molecular complexity index is 474. The molecule has 1 unspecified atom stereocenters. The second-order valence-corrected chi connectivity index (χ2v) is 5.11. The van der Waals surface area contributed by atoms with Crippen molar-refractivity contribution in [3.63, 3.8) is 0 Å². The Morgan fingerprint density at radius 1 is 1.47 bits per heavy atom. The first-order valence-corrected chi connectivity index (χ1v) is 6.42. The maximum Gasteiger partial charge on any atom is 0.256 e. The van der Waals surface area contributed by atoms with Crippen LogP contribution in [0.1, 0.15) is 16.8 Å². The highest BCUT2D eigenvalue weighted by atomic mass is 16.5. The van der Waals surface area contributed by atoms with E-state index in [2.05, 4.69) is 4.90 Å². The summed E-state index contributed by atoms with van der Waals surface area (Å²) in [5.41, 5.74) is 6.95. The van der Waals surface area contributed by atoms with Gasteiger partial charge in [-0.15, -0.1) is 0 Å². The predicted octanol–water partition coefficient (Wildman–Crippen LogP) is 1.05. The van der Waals surface area contributed by atoms with Gasteiger partial charge < -0.3 is 20.3 Å².